The minimum absolute atomic E-state index is 0.131. The molecule has 2 unspecified atom stereocenters. The fraction of sp³-hybridized carbons (Fsp3) is 1.00. The van der Waals surface area contributed by atoms with Crippen LogP contribution in [0.2, 0.25) is 0 Å². The molecular formula is C17H35NO2S. The van der Waals surface area contributed by atoms with Crippen molar-refractivity contribution < 1.29 is 8.42 Å². The van der Waals surface area contributed by atoms with Crippen molar-refractivity contribution in [2.75, 3.05) is 12.3 Å². The van der Waals surface area contributed by atoms with E-state index in [1.807, 2.05) is 0 Å². The van der Waals surface area contributed by atoms with E-state index in [-0.39, 0.29) is 11.3 Å². The van der Waals surface area contributed by atoms with E-state index >= 15 is 0 Å². The number of rotatable bonds is 11. The average molecular weight is 318 g/mol. The predicted molar refractivity (Wildman–Crippen MR) is 91.5 cm³/mol. The first kappa shape index (κ1) is 19.0. The topological polar surface area (TPSA) is 46.2 Å². The molecule has 2 atom stereocenters. The normalized spacial score (nSPS) is 23.0. The van der Waals surface area contributed by atoms with E-state index in [0.717, 1.165) is 45.1 Å². The third kappa shape index (κ3) is 7.14. The van der Waals surface area contributed by atoms with Gasteiger partial charge in [-0.25, -0.2) is 8.42 Å². The van der Waals surface area contributed by atoms with Gasteiger partial charge in [0, 0.05) is 6.04 Å². The van der Waals surface area contributed by atoms with Gasteiger partial charge in [-0.05, 0) is 32.2 Å². The average Bonchev–Trinajstić information content (AvgIpc) is 2.46. The smallest absolute Gasteiger partial charge is 0.154 e. The third-order valence-electron chi connectivity index (χ3n) is 4.60. The zero-order valence-electron chi connectivity index (χ0n) is 14.1. The molecule has 4 heteroatoms. The Bertz CT molecular complexity index is 354. The highest BCUT2D eigenvalue weighted by atomic mass is 32.2. The monoisotopic (exact) mass is 317 g/mol. The molecule has 1 saturated heterocycles. The molecule has 1 aliphatic rings. The van der Waals surface area contributed by atoms with Crippen LogP contribution in [0, 0.1) is 0 Å². The highest BCUT2D eigenvalue weighted by Gasteiger charge is 2.34. The second kappa shape index (κ2) is 10.6. The van der Waals surface area contributed by atoms with Gasteiger partial charge < -0.3 is 5.32 Å². The summed E-state index contributed by atoms with van der Waals surface area (Å²) in [4.78, 5) is 0. The van der Waals surface area contributed by atoms with Crippen LogP contribution in [0.4, 0.5) is 0 Å². The minimum Gasteiger partial charge on any atom is -0.313 e. The van der Waals surface area contributed by atoms with Gasteiger partial charge in [0.1, 0.15) is 0 Å². The molecule has 1 aliphatic heterocycles. The van der Waals surface area contributed by atoms with E-state index in [1.165, 1.54) is 32.1 Å². The zero-order valence-corrected chi connectivity index (χ0v) is 14.9. The maximum absolute atomic E-state index is 12.3. The van der Waals surface area contributed by atoms with Crippen molar-refractivity contribution in [1.82, 2.24) is 5.32 Å². The molecule has 0 spiro atoms. The van der Waals surface area contributed by atoms with Crippen molar-refractivity contribution in [3.8, 4) is 0 Å². The van der Waals surface area contributed by atoms with Gasteiger partial charge in [-0.2, -0.15) is 0 Å². The highest BCUT2D eigenvalue weighted by Crippen LogP contribution is 2.25. The van der Waals surface area contributed by atoms with Crippen LogP contribution in [0.3, 0.4) is 0 Å². The Morgan fingerprint density at radius 2 is 1.71 bits per heavy atom. The molecular weight excluding hydrogens is 282 g/mol. The Balaban J connectivity index is 2.43. The summed E-state index contributed by atoms with van der Waals surface area (Å²) in [6.07, 6.45) is 12.5. The number of hydrogen-bond acceptors (Lipinski definition) is 3. The maximum Gasteiger partial charge on any atom is 0.154 e. The van der Waals surface area contributed by atoms with Crippen LogP contribution in [-0.4, -0.2) is 32.0 Å². The van der Waals surface area contributed by atoms with E-state index in [2.05, 4.69) is 19.2 Å². The molecule has 0 aliphatic carbocycles. The summed E-state index contributed by atoms with van der Waals surface area (Å²) >= 11 is 0. The van der Waals surface area contributed by atoms with Crippen molar-refractivity contribution in [3.63, 3.8) is 0 Å². The molecule has 1 N–H and O–H groups in total. The van der Waals surface area contributed by atoms with Crippen molar-refractivity contribution in [3.05, 3.63) is 0 Å². The number of sulfone groups is 1. The summed E-state index contributed by atoms with van der Waals surface area (Å²) in [5.41, 5.74) is 0. The summed E-state index contributed by atoms with van der Waals surface area (Å²) in [5, 5.41) is 3.39. The Morgan fingerprint density at radius 3 is 2.38 bits per heavy atom. The number of unbranched alkanes of at least 4 members (excludes halogenated alkanes) is 5. The second-order valence-electron chi connectivity index (χ2n) is 6.52. The van der Waals surface area contributed by atoms with Gasteiger partial charge in [0.2, 0.25) is 0 Å². The summed E-state index contributed by atoms with van der Waals surface area (Å²) in [7, 11) is -2.87. The lowest BCUT2D eigenvalue weighted by Gasteiger charge is -2.31. The van der Waals surface area contributed by atoms with E-state index in [9.17, 15) is 8.42 Å². The number of nitrogens with one attached hydrogen (secondary N) is 1. The molecule has 1 heterocycles. The van der Waals surface area contributed by atoms with Gasteiger partial charge in [0.05, 0.1) is 11.0 Å². The summed E-state index contributed by atoms with van der Waals surface area (Å²) < 4.78 is 24.6. The Hall–Kier alpha value is -0.0900. The van der Waals surface area contributed by atoms with E-state index in [4.69, 9.17) is 0 Å². The van der Waals surface area contributed by atoms with Crippen LogP contribution in [0.15, 0.2) is 0 Å². The molecule has 0 aromatic rings. The predicted octanol–water partition coefficient (Wildman–Crippen LogP) is 4.07. The van der Waals surface area contributed by atoms with E-state index < -0.39 is 9.84 Å². The van der Waals surface area contributed by atoms with Gasteiger partial charge in [-0.3, -0.25) is 0 Å². The lowest BCUT2D eigenvalue weighted by Crippen LogP contribution is -2.46. The fourth-order valence-electron chi connectivity index (χ4n) is 3.32. The first-order valence-corrected chi connectivity index (χ1v) is 10.8. The van der Waals surface area contributed by atoms with Gasteiger partial charge in [-0.1, -0.05) is 58.8 Å². The van der Waals surface area contributed by atoms with Crippen molar-refractivity contribution >= 4 is 9.84 Å². The molecule has 126 valence electrons. The molecule has 0 aromatic carbocycles. The van der Waals surface area contributed by atoms with Crippen molar-refractivity contribution in [2.24, 2.45) is 0 Å². The summed E-state index contributed by atoms with van der Waals surface area (Å²) in [6, 6.07) is 0.182. The van der Waals surface area contributed by atoms with Crippen LogP contribution in [-0.2, 0) is 9.84 Å². The molecule has 1 rings (SSSR count). The zero-order chi connectivity index (χ0) is 15.6. The standard InChI is InChI=1S/C17H35NO2S/c1-3-5-6-7-8-9-12-16(18-14-4-2)17-13-10-11-15-21(17,19)20/h16-18H,3-15H2,1-2H3. The maximum atomic E-state index is 12.3. The van der Waals surface area contributed by atoms with Gasteiger partial charge >= 0.3 is 0 Å². The molecule has 21 heavy (non-hydrogen) atoms. The Morgan fingerprint density at radius 1 is 1.00 bits per heavy atom. The molecule has 0 amide bonds. The van der Waals surface area contributed by atoms with Crippen LogP contribution in [0.25, 0.3) is 0 Å². The third-order valence-corrected chi connectivity index (χ3v) is 6.95. The van der Waals surface area contributed by atoms with E-state index in [0.29, 0.717) is 5.75 Å². The van der Waals surface area contributed by atoms with E-state index in [1.54, 1.807) is 0 Å². The van der Waals surface area contributed by atoms with Crippen LogP contribution >= 0.6 is 0 Å². The van der Waals surface area contributed by atoms with Crippen molar-refractivity contribution in [1.29, 1.82) is 0 Å². The largest absolute Gasteiger partial charge is 0.313 e. The molecule has 0 radical (unpaired) electrons. The minimum atomic E-state index is -2.87. The Kier molecular flexibility index (Phi) is 9.57. The summed E-state index contributed by atoms with van der Waals surface area (Å²) in [5.74, 6) is 0.401. The van der Waals surface area contributed by atoms with Gasteiger partial charge in [0.15, 0.2) is 9.84 Å². The first-order chi connectivity index (χ1) is 10.1. The quantitative estimate of drug-likeness (QED) is 0.584. The van der Waals surface area contributed by atoms with Crippen molar-refractivity contribution in [2.45, 2.75) is 95.8 Å². The molecule has 0 aromatic heterocycles. The second-order valence-corrected chi connectivity index (χ2v) is 8.86. The lowest BCUT2D eigenvalue weighted by atomic mass is 10.00. The lowest BCUT2D eigenvalue weighted by molar-refractivity contribution is 0.402. The van der Waals surface area contributed by atoms with Gasteiger partial charge in [-0.15, -0.1) is 0 Å². The molecule has 3 nitrogen and oxygen atoms in total. The Labute approximate surface area is 132 Å². The molecule has 1 fully saturated rings. The highest BCUT2D eigenvalue weighted by molar-refractivity contribution is 7.92. The van der Waals surface area contributed by atoms with Crippen LogP contribution in [0.5, 0.6) is 0 Å². The summed E-state index contributed by atoms with van der Waals surface area (Å²) in [6.45, 7) is 5.31. The van der Waals surface area contributed by atoms with Crippen LogP contribution in [0.1, 0.15) is 84.5 Å². The first-order valence-electron chi connectivity index (χ1n) is 9.06. The fourth-order valence-corrected chi connectivity index (χ4v) is 5.49. The number of hydrogen-bond donors (Lipinski definition) is 1. The SMILES string of the molecule is CCCCCCCCC(NCCC)C1CCCCS1(=O)=O. The van der Waals surface area contributed by atoms with Crippen LogP contribution < -0.4 is 5.32 Å². The van der Waals surface area contributed by atoms with Gasteiger partial charge in [0.25, 0.3) is 0 Å². The molecule has 0 bridgehead atoms. The molecule has 0 saturated carbocycles.